The maximum atomic E-state index is 13.6. The Balaban J connectivity index is 2.09. The third kappa shape index (κ3) is 3.92. The first-order valence-electron chi connectivity index (χ1n) is 9.12. The number of nitrogens with one attached hydrogen (secondary N) is 1. The topological polar surface area (TPSA) is 51.1 Å². The van der Waals surface area contributed by atoms with E-state index in [0.29, 0.717) is 17.6 Å². The molecule has 0 saturated heterocycles. The van der Waals surface area contributed by atoms with Gasteiger partial charge in [0.1, 0.15) is 11.5 Å². The largest absolute Gasteiger partial charge is 0.320 e. The van der Waals surface area contributed by atoms with Crippen molar-refractivity contribution in [1.82, 2.24) is 4.57 Å². The second-order valence-corrected chi connectivity index (χ2v) is 6.84. The molecule has 1 aromatic heterocycles. The van der Waals surface area contributed by atoms with Gasteiger partial charge in [-0.25, -0.2) is 4.39 Å². The number of aryl methyl sites for hydroxylation is 2. The van der Waals surface area contributed by atoms with Crippen molar-refractivity contribution >= 4 is 22.4 Å². The number of hydrogen-bond acceptors (Lipinski definition) is 2. The van der Waals surface area contributed by atoms with E-state index < -0.39 is 5.82 Å². The molecule has 2 aromatic carbocycles. The molecule has 0 spiro atoms. The molecule has 0 aliphatic rings. The minimum Gasteiger partial charge on any atom is -0.320 e. The molecule has 0 unspecified atom stereocenters. The second-order valence-electron chi connectivity index (χ2n) is 6.84. The van der Waals surface area contributed by atoms with Crippen LogP contribution in [0.4, 0.5) is 10.1 Å². The Morgan fingerprint density at radius 2 is 1.89 bits per heavy atom. The number of carbonyl (C=O) groups excluding carboxylic acids is 1. The number of carbonyl (C=O) groups is 1. The third-order valence-corrected chi connectivity index (χ3v) is 4.67. The van der Waals surface area contributed by atoms with Crippen molar-refractivity contribution in [3.8, 4) is 0 Å². The van der Waals surface area contributed by atoms with E-state index in [-0.39, 0.29) is 22.5 Å². The lowest BCUT2D eigenvalue weighted by Gasteiger charge is -2.15. The SMILES string of the molecule is CCCCn1c(C(=O)Nc2ccc(C)cc2C)cc2ccc(F)cc2c1=O. The maximum Gasteiger partial charge on any atom is 0.272 e. The summed E-state index contributed by atoms with van der Waals surface area (Å²) in [7, 11) is 0. The fourth-order valence-corrected chi connectivity index (χ4v) is 3.19. The highest BCUT2D eigenvalue weighted by atomic mass is 19.1. The molecule has 0 saturated carbocycles. The van der Waals surface area contributed by atoms with Crippen molar-refractivity contribution in [1.29, 1.82) is 0 Å². The molecule has 0 atom stereocenters. The van der Waals surface area contributed by atoms with E-state index in [1.54, 1.807) is 6.07 Å². The summed E-state index contributed by atoms with van der Waals surface area (Å²) in [6.45, 7) is 6.35. The first kappa shape index (κ1) is 18.8. The Morgan fingerprint density at radius 1 is 1.11 bits per heavy atom. The Labute approximate surface area is 157 Å². The number of halogens is 1. The van der Waals surface area contributed by atoms with E-state index in [9.17, 15) is 14.0 Å². The lowest BCUT2D eigenvalue weighted by Crippen LogP contribution is -2.29. The Kier molecular flexibility index (Phi) is 5.40. The summed E-state index contributed by atoms with van der Waals surface area (Å²) in [5, 5.41) is 3.74. The highest BCUT2D eigenvalue weighted by Crippen LogP contribution is 2.19. The van der Waals surface area contributed by atoms with Gasteiger partial charge in [0.25, 0.3) is 11.5 Å². The third-order valence-electron chi connectivity index (χ3n) is 4.67. The molecular weight excluding hydrogens is 343 g/mol. The number of rotatable bonds is 5. The summed E-state index contributed by atoms with van der Waals surface area (Å²) >= 11 is 0. The van der Waals surface area contributed by atoms with Gasteiger partial charge in [-0.05, 0) is 55.5 Å². The molecule has 0 fully saturated rings. The van der Waals surface area contributed by atoms with Gasteiger partial charge >= 0.3 is 0 Å². The van der Waals surface area contributed by atoms with Crippen LogP contribution >= 0.6 is 0 Å². The normalized spacial score (nSPS) is 11.0. The highest BCUT2D eigenvalue weighted by Gasteiger charge is 2.17. The molecule has 0 radical (unpaired) electrons. The monoisotopic (exact) mass is 366 g/mol. The molecule has 0 aliphatic heterocycles. The maximum absolute atomic E-state index is 13.6. The smallest absolute Gasteiger partial charge is 0.272 e. The number of pyridine rings is 1. The zero-order chi connectivity index (χ0) is 19.6. The number of unbranched alkanes of at least 4 members (excludes halogenated alkanes) is 1. The molecule has 1 N–H and O–H groups in total. The number of anilines is 1. The van der Waals surface area contributed by atoms with Gasteiger partial charge in [0.15, 0.2) is 0 Å². The van der Waals surface area contributed by atoms with E-state index >= 15 is 0 Å². The summed E-state index contributed by atoms with van der Waals surface area (Å²) in [5.74, 6) is -0.810. The van der Waals surface area contributed by atoms with Crippen molar-refractivity contribution < 1.29 is 9.18 Å². The predicted octanol–water partition coefficient (Wildman–Crippen LogP) is 4.81. The van der Waals surface area contributed by atoms with Gasteiger partial charge in [-0.15, -0.1) is 0 Å². The predicted molar refractivity (Wildman–Crippen MR) is 107 cm³/mol. The van der Waals surface area contributed by atoms with Crippen molar-refractivity contribution in [2.45, 2.75) is 40.2 Å². The van der Waals surface area contributed by atoms with E-state index in [0.717, 1.165) is 24.0 Å². The minimum atomic E-state index is -0.464. The van der Waals surface area contributed by atoms with Gasteiger partial charge < -0.3 is 9.88 Å². The van der Waals surface area contributed by atoms with Crippen molar-refractivity contribution in [3.05, 3.63) is 75.5 Å². The first-order chi connectivity index (χ1) is 12.9. The van der Waals surface area contributed by atoms with Crippen LogP contribution in [0.1, 0.15) is 41.4 Å². The lowest BCUT2D eigenvalue weighted by molar-refractivity contribution is 0.101. The Hall–Kier alpha value is -2.95. The fourth-order valence-electron chi connectivity index (χ4n) is 3.19. The average molecular weight is 366 g/mol. The van der Waals surface area contributed by atoms with Crippen molar-refractivity contribution in [2.75, 3.05) is 5.32 Å². The quantitative estimate of drug-likeness (QED) is 0.704. The summed E-state index contributed by atoms with van der Waals surface area (Å²) in [5.41, 5.74) is 2.71. The van der Waals surface area contributed by atoms with Gasteiger partial charge in [0, 0.05) is 12.2 Å². The van der Waals surface area contributed by atoms with Crippen LogP contribution < -0.4 is 10.9 Å². The van der Waals surface area contributed by atoms with Crippen LogP contribution in [0, 0.1) is 19.7 Å². The van der Waals surface area contributed by atoms with Crippen LogP contribution in [0.3, 0.4) is 0 Å². The van der Waals surface area contributed by atoms with Crippen LogP contribution in [0.15, 0.2) is 47.3 Å². The van der Waals surface area contributed by atoms with Crippen molar-refractivity contribution in [3.63, 3.8) is 0 Å². The van der Waals surface area contributed by atoms with Gasteiger partial charge in [-0.1, -0.05) is 37.1 Å². The number of aromatic nitrogens is 1. The first-order valence-corrected chi connectivity index (χ1v) is 9.12. The highest BCUT2D eigenvalue weighted by molar-refractivity contribution is 6.05. The number of benzene rings is 2. The Bertz CT molecular complexity index is 1070. The molecule has 140 valence electrons. The van der Waals surface area contributed by atoms with E-state index in [1.807, 2.05) is 39.0 Å². The average Bonchev–Trinajstić information content (AvgIpc) is 2.63. The molecule has 4 nitrogen and oxygen atoms in total. The van der Waals surface area contributed by atoms with Gasteiger partial charge in [-0.3, -0.25) is 9.59 Å². The standard InChI is InChI=1S/C22H23FN2O2/c1-4-5-10-25-20(12-16-7-8-17(23)13-18(16)22(25)27)21(26)24-19-9-6-14(2)11-15(19)3/h6-9,11-13H,4-5,10H2,1-3H3,(H,24,26). The number of hydrogen-bond donors (Lipinski definition) is 1. The number of fused-ring (bicyclic) bond motifs is 1. The van der Waals surface area contributed by atoms with Crippen LogP contribution in [0.5, 0.6) is 0 Å². The van der Waals surface area contributed by atoms with E-state index in [2.05, 4.69) is 5.32 Å². The molecule has 1 heterocycles. The molecule has 1 amide bonds. The van der Waals surface area contributed by atoms with Crippen LogP contribution in [-0.4, -0.2) is 10.5 Å². The minimum absolute atomic E-state index is 0.285. The van der Waals surface area contributed by atoms with Crippen LogP contribution in [-0.2, 0) is 6.54 Å². The molecule has 5 heteroatoms. The molecular formula is C22H23FN2O2. The second kappa shape index (κ2) is 7.74. The molecule has 0 bridgehead atoms. The molecule has 3 aromatic rings. The zero-order valence-electron chi connectivity index (χ0n) is 15.8. The molecule has 3 rings (SSSR count). The number of nitrogens with zero attached hydrogens (tertiary/aromatic N) is 1. The zero-order valence-corrected chi connectivity index (χ0v) is 15.8. The molecule has 27 heavy (non-hydrogen) atoms. The summed E-state index contributed by atoms with van der Waals surface area (Å²) < 4.78 is 15.0. The van der Waals surface area contributed by atoms with Crippen LogP contribution in [0.2, 0.25) is 0 Å². The summed E-state index contributed by atoms with van der Waals surface area (Å²) in [6.07, 6.45) is 1.64. The molecule has 0 aliphatic carbocycles. The Morgan fingerprint density at radius 3 is 2.59 bits per heavy atom. The van der Waals surface area contributed by atoms with Crippen molar-refractivity contribution in [2.24, 2.45) is 0 Å². The van der Waals surface area contributed by atoms with Gasteiger partial charge in [0.05, 0.1) is 5.39 Å². The number of amides is 1. The fraction of sp³-hybridized carbons (Fsp3) is 0.273. The van der Waals surface area contributed by atoms with E-state index in [4.69, 9.17) is 0 Å². The van der Waals surface area contributed by atoms with Gasteiger partial charge in [-0.2, -0.15) is 0 Å². The lowest BCUT2D eigenvalue weighted by atomic mass is 10.1. The summed E-state index contributed by atoms with van der Waals surface area (Å²) in [4.78, 5) is 25.8. The van der Waals surface area contributed by atoms with Crippen LogP contribution in [0.25, 0.3) is 10.8 Å². The summed E-state index contributed by atoms with van der Waals surface area (Å²) in [6, 6.07) is 11.5. The van der Waals surface area contributed by atoms with E-state index in [1.165, 1.54) is 22.8 Å². The van der Waals surface area contributed by atoms with Gasteiger partial charge in [0.2, 0.25) is 0 Å².